The van der Waals surface area contributed by atoms with Crippen LogP contribution < -0.4 is 11.1 Å². The number of fused-ring (bicyclic) bond motifs is 1. The van der Waals surface area contributed by atoms with E-state index in [-0.39, 0.29) is 11.9 Å². The highest BCUT2D eigenvalue weighted by atomic mass is 19.1. The number of nitrogens with two attached hydrogens (primary N) is 1. The van der Waals surface area contributed by atoms with Crippen molar-refractivity contribution < 1.29 is 4.39 Å². The van der Waals surface area contributed by atoms with E-state index in [9.17, 15) is 4.39 Å². The first-order valence-corrected chi connectivity index (χ1v) is 7.56. The van der Waals surface area contributed by atoms with Gasteiger partial charge in [0.2, 0.25) is 0 Å². The Labute approximate surface area is 125 Å². The fourth-order valence-electron chi connectivity index (χ4n) is 3.07. The third-order valence-corrected chi connectivity index (χ3v) is 4.16. The Morgan fingerprint density at radius 3 is 2.86 bits per heavy atom. The molecule has 1 aliphatic rings. The van der Waals surface area contributed by atoms with E-state index in [4.69, 9.17) is 5.73 Å². The first kappa shape index (κ1) is 14.2. The predicted molar refractivity (Wildman–Crippen MR) is 83.5 cm³/mol. The molecule has 110 valence electrons. The molecule has 0 aromatic heterocycles. The SMILES string of the molecule is NCc1ccc2c(c1)C(Cc1cccc(F)c1)NCCC2. The van der Waals surface area contributed by atoms with Crippen LogP contribution in [0.5, 0.6) is 0 Å². The molecule has 3 N–H and O–H groups in total. The summed E-state index contributed by atoms with van der Waals surface area (Å²) in [5.74, 6) is -0.169. The van der Waals surface area contributed by atoms with Gasteiger partial charge in [0.15, 0.2) is 0 Å². The van der Waals surface area contributed by atoms with E-state index in [1.807, 2.05) is 6.07 Å². The molecule has 0 bridgehead atoms. The van der Waals surface area contributed by atoms with Crippen molar-refractivity contribution in [3.05, 3.63) is 70.5 Å². The van der Waals surface area contributed by atoms with E-state index >= 15 is 0 Å². The van der Waals surface area contributed by atoms with Crippen molar-refractivity contribution in [3.8, 4) is 0 Å². The Bertz CT molecular complexity index is 624. The lowest BCUT2D eigenvalue weighted by Crippen LogP contribution is -2.23. The van der Waals surface area contributed by atoms with Gasteiger partial charge in [-0.2, -0.15) is 0 Å². The van der Waals surface area contributed by atoms with Crippen LogP contribution in [0.3, 0.4) is 0 Å². The summed E-state index contributed by atoms with van der Waals surface area (Å²) >= 11 is 0. The molecule has 0 radical (unpaired) electrons. The Morgan fingerprint density at radius 2 is 2.05 bits per heavy atom. The van der Waals surface area contributed by atoms with Crippen LogP contribution >= 0.6 is 0 Å². The lowest BCUT2D eigenvalue weighted by molar-refractivity contribution is 0.537. The molecule has 3 heteroatoms. The average Bonchev–Trinajstić information content (AvgIpc) is 2.69. The second-order valence-electron chi connectivity index (χ2n) is 5.68. The predicted octanol–water partition coefficient (Wildman–Crippen LogP) is 3.10. The fourth-order valence-corrected chi connectivity index (χ4v) is 3.07. The van der Waals surface area contributed by atoms with Crippen LogP contribution in [0.25, 0.3) is 0 Å². The molecule has 0 saturated carbocycles. The molecule has 1 aliphatic heterocycles. The summed E-state index contributed by atoms with van der Waals surface area (Å²) in [5.41, 5.74) is 10.7. The number of hydrogen-bond donors (Lipinski definition) is 2. The zero-order valence-electron chi connectivity index (χ0n) is 12.1. The van der Waals surface area contributed by atoms with Crippen LogP contribution in [0, 0.1) is 5.82 Å². The molecule has 0 spiro atoms. The second kappa shape index (κ2) is 6.37. The molecule has 1 heterocycles. The third-order valence-electron chi connectivity index (χ3n) is 4.16. The van der Waals surface area contributed by atoms with Crippen LogP contribution in [0.2, 0.25) is 0 Å². The van der Waals surface area contributed by atoms with Gasteiger partial charge in [-0.05, 0) is 60.2 Å². The van der Waals surface area contributed by atoms with Crippen LogP contribution in [0.4, 0.5) is 4.39 Å². The van der Waals surface area contributed by atoms with Crippen LogP contribution in [-0.4, -0.2) is 6.54 Å². The summed E-state index contributed by atoms with van der Waals surface area (Å²) in [4.78, 5) is 0. The van der Waals surface area contributed by atoms with Gasteiger partial charge >= 0.3 is 0 Å². The zero-order chi connectivity index (χ0) is 14.7. The molecule has 1 unspecified atom stereocenters. The summed E-state index contributed by atoms with van der Waals surface area (Å²) in [6.07, 6.45) is 3.03. The molecule has 0 aliphatic carbocycles. The molecule has 0 saturated heterocycles. The number of nitrogens with one attached hydrogen (secondary N) is 1. The number of halogens is 1. The van der Waals surface area contributed by atoms with E-state index in [0.717, 1.165) is 36.9 Å². The van der Waals surface area contributed by atoms with Gasteiger partial charge in [-0.15, -0.1) is 0 Å². The highest BCUT2D eigenvalue weighted by Crippen LogP contribution is 2.27. The minimum atomic E-state index is -0.169. The fraction of sp³-hybridized carbons (Fsp3) is 0.333. The topological polar surface area (TPSA) is 38.0 Å². The molecular weight excluding hydrogens is 263 g/mol. The number of aryl methyl sites for hydroxylation is 1. The number of rotatable bonds is 3. The standard InChI is InChI=1S/C18H21FN2/c19-16-5-1-3-13(9-16)11-18-17-10-14(12-20)6-7-15(17)4-2-8-21-18/h1,3,5-7,9-10,18,21H,2,4,8,11-12,20H2. The van der Waals surface area contributed by atoms with Gasteiger partial charge < -0.3 is 11.1 Å². The van der Waals surface area contributed by atoms with Crippen LogP contribution in [-0.2, 0) is 19.4 Å². The van der Waals surface area contributed by atoms with E-state index in [2.05, 4.69) is 23.5 Å². The van der Waals surface area contributed by atoms with Crippen molar-refractivity contribution in [2.24, 2.45) is 5.73 Å². The largest absolute Gasteiger partial charge is 0.326 e. The molecule has 2 nitrogen and oxygen atoms in total. The lowest BCUT2D eigenvalue weighted by Gasteiger charge is -2.20. The van der Waals surface area contributed by atoms with Gasteiger partial charge in [0.05, 0.1) is 0 Å². The van der Waals surface area contributed by atoms with E-state index in [1.54, 1.807) is 12.1 Å². The summed E-state index contributed by atoms with van der Waals surface area (Å²) in [7, 11) is 0. The Balaban J connectivity index is 1.92. The highest BCUT2D eigenvalue weighted by molar-refractivity contribution is 5.36. The minimum Gasteiger partial charge on any atom is -0.326 e. The van der Waals surface area contributed by atoms with Crippen LogP contribution in [0.1, 0.15) is 34.7 Å². The monoisotopic (exact) mass is 284 g/mol. The Morgan fingerprint density at radius 1 is 1.14 bits per heavy atom. The summed E-state index contributed by atoms with van der Waals surface area (Å²) in [5, 5.41) is 3.59. The molecule has 2 aromatic rings. The highest BCUT2D eigenvalue weighted by Gasteiger charge is 2.19. The Kier molecular flexibility index (Phi) is 4.32. The van der Waals surface area contributed by atoms with E-state index in [0.29, 0.717) is 6.54 Å². The smallest absolute Gasteiger partial charge is 0.123 e. The van der Waals surface area contributed by atoms with Crippen molar-refractivity contribution in [2.75, 3.05) is 6.54 Å². The van der Waals surface area contributed by atoms with Gasteiger partial charge in [-0.1, -0.05) is 30.3 Å². The van der Waals surface area contributed by atoms with Gasteiger partial charge in [0.25, 0.3) is 0 Å². The average molecular weight is 284 g/mol. The molecule has 21 heavy (non-hydrogen) atoms. The third kappa shape index (κ3) is 3.31. The van der Waals surface area contributed by atoms with Gasteiger partial charge in [-0.25, -0.2) is 4.39 Å². The summed E-state index contributed by atoms with van der Waals surface area (Å²) in [6, 6.07) is 13.6. The van der Waals surface area contributed by atoms with E-state index < -0.39 is 0 Å². The maximum atomic E-state index is 13.4. The Hall–Kier alpha value is -1.71. The van der Waals surface area contributed by atoms with Gasteiger partial charge in [0.1, 0.15) is 5.82 Å². The molecule has 1 atom stereocenters. The van der Waals surface area contributed by atoms with Gasteiger partial charge in [-0.3, -0.25) is 0 Å². The van der Waals surface area contributed by atoms with Gasteiger partial charge in [0, 0.05) is 12.6 Å². The normalized spacial score (nSPS) is 18.1. The second-order valence-corrected chi connectivity index (χ2v) is 5.68. The molecule has 0 fully saturated rings. The number of hydrogen-bond acceptors (Lipinski definition) is 2. The van der Waals surface area contributed by atoms with Crippen molar-refractivity contribution in [1.82, 2.24) is 5.32 Å². The molecule has 0 amide bonds. The number of benzene rings is 2. The quantitative estimate of drug-likeness (QED) is 0.909. The molecular formula is C18H21FN2. The van der Waals surface area contributed by atoms with E-state index in [1.165, 1.54) is 17.2 Å². The zero-order valence-corrected chi connectivity index (χ0v) is 12.1. The molecule has 2 aromatic carbocycles. The first-order valence-electron chi connectivity index (χ1n) is 7.56. The maximum Gasteiger partial charge on any atom is 0.123 e. The molecule has 3 rings (SSSR count). The minimum absolute atomic E-state index is 0.169. The summed E-state index contributed by atoms with van der Waals surface area (Å²) in [6.45, 7) is 1.55. The lowest BCUT2D eigenvalue weighted by atomic mass is 9.92. The van der Waals surface area contributed by atoms with Crippen molar-refractivity contribution in [3.63, 3.8) is 0 Å². The maximum absolute atomic E-state index is 13.4. The first-order chi connectivity index (χ1) is 10.3. The van der Waals surface area contributed by atoms with Crippen molar-refractivity contribution >= 4 is 0 Å². The van der Waals surface area contributed by atoms with Crippen molar-refractivity contribution in [2.45, 2.75) is 31.8 Å². The van der Waals surface area contributed by atoms with Crippen molar-refractivity contribution in [1.29, 1.82) is 0 Å². The summed E-state index contributed by atoms with van der Waals surface area (Å²) < 4.78 is 13.4. The van der Waals surface area contributed by atoms with Crippen LogP contribution in [0.15, 0.2) is 42.5 Å².